The molecule has 0 N–H and O–H groups in total. The fourth-order valence-corrected chi connectivity index (χ4v) is 4.99. The number of pyridine rings is 3. The Morgan fingerprint density at radius 3 is 1.46 bits per heavy atom. The van der Waals surface area contributed by atoms with E-state index in [-0.39, 0.29) is 0 Å². The van der Waals surface area contributed by atoms with Crippen molar-refractivity contribution in [3.8, 4) is 39.6 Å². The Kier molecular flexibility index (Phi) is 5.07. The average Bonchev–Trinajstić information content (AvgIpc) is 3.32. The lowest BCUT2D eigenvalue weighted by Crippen LogP contribution is -1.95. The molecular weight excluding hydrogens is 452 g/mol. The predicted molar refractivity (Wildman–Crippen MR) is 150 cm³/mol. The van der Waals surface area contributed by atoms with Crippen molar-refractivity contribution in [3.05, 3.63) is 134 Å². The largest absolute Gasteiger partial charge is 0.309 e. The number of benzene rings is 3. The first-order valence-corrected chi connectivity index (χ1v) is 12.3. The molecule has 4 aromatic heterocycles. The first kappa shape index (κ1) is 21.2. The van der Waals surface area contributed by atoms with Gasteiger partial charge in [-0.15, -0.1) is 0 Å². The van der Waals surface area contributed by atoms with E-state index in [1.54, 1.807) is 12.4 Å². The maximum absolute atomic E-state index is 4.90. The molecule has 0 radical (unpaired) electrons. The van der Waals surface area contributed by atoms with Gasteiger partial charge in [-0.1, -0.05) is 60.7 Å². The van der Waals surface area contributed by atoms with E-state index in [0.29, 0.717) is 0 Å². The Balaban J connectivity index is 1.37. The average molecular weight is 475 g/mol. The van der Waals surface area contributed by atoms with E-state index < -0.39 is 0 Å². The van der Waals surface area contributed by atoms with E-state index in [9.17, 15) is 0 Å². The SMILES string of the molecule is c1ccc(-c2cc(-c3ccc(-n4c5ccccc5c5ccccc54)cc3)cc(-c3ccccn3)n2)nc1. The Morgan fingerprint density at radius 1 is 0.432 bits per heavy atom. The molecule has 4 nitrogen and oxygen atoms in total. The van der Waals surface area contributed by atoms with Crippen molar-refractivity contribution in [2.24, 2.45) is 0 Å². The molecule has 7 aromatic rings. The molecule has 0 spiro atoms. The molecular formula is C33H22N4. The molecule has 0 aliphatic heterocycles. The van der Waals surface area contributed by atoms with Crippen LogP contribution in [-0.2, 0) is 0 Å². The Morgan fingerprint density at radius 2 is 0.946 bits per heavy atom. The number of fused-ring (bicyclic) bond motifs is 3. The van der Waals surface area contributed by atoms with Crippen molar-refractivity contribution >= 4 is 21.8 Å². The summed E-state index contributed by atoms with van der Waals surface area (Å²) in [7, 11) is 0. The molecule has 0 aliphatic rings. The van der Waals surface area contributed by atoms with Crippen LogP contribution in [-0.4, -0.2) is 19.5 Å². The van der Waals surface area contributed by atoms with Gasteiger partial charge < -0.3 is 4.57 Å². The molecule has 4 heterocycles. The lowest BCUT2D eigenvalue weighted by molar-refractivity contribution is 1.18. The number of hydrogen-bond acceptors (Lipinski definition) is 3. The summed E-state index contributed by atoms with van der Waals surface area (Å²) in [6.07, 6.45) is 3.59. The van der Waals surface area contributed by atoms with Crippen LogP contribution in [0.5, 0.6) is 0 Å². The van der Waals surface area contributed by atoms with Gasteiger partial charge in [-0.25, -0.2) is 4.98 Å². The van der Waals surface area contributed by atoms with Crippen LogP contribution in [0.1, 0.15) is 0 Å². The van der Waals surface area contributed by atoms with Crippen molar-refractivity contribution in [3.63, 3.8) is 0 Å². The summed E-state index contributed by atoms with van der Waals surface area (Å²) in [5, 5.41) is 2.52. The van der Waals surface area contributed by atoms with Crippen LogP contribution in [0.15, 0.2) is 134 Å². The van der Waals surface area contributed by atoms with Crippen LogP contribution in [0.2, 0.25) is 0 Å². The topological polar surface area (TPSA) is 43.6 Å². The zero-order valence-electron chi connectivity index (χ0n) is 20.0. The van der Waals surface area contributed by atoms with Crippen LogP contribution in [0.25, 0.3) is 61.4 Å². The van der Waals surface area contributed by atoms with Gasteiger partial charge in [0.1, 0.15) is 0 Å². The smallest absolute Gasteiger partial charge is 0.0900 e. The maximum Gasteiger partial charge on any atom is 0.0900 e. The third kappa shape index (κ3) is 3.76. The fourth-order valence-electron chi connectivity index (χ4n) is 4.99. The summed E-state index contributed by atoms with van der Waals surface area (Å²) < 4.78 is 2.33. The zero-order chi connectivity index (χ0) is 24.6. The van der Waals surface area contributed by atoms with Crippen molar-refractivity contribution < 1.29 is 0 Å². The highest BCUT2D eigenvalue weighted by molar-refractivity contribution is 6.09. The molecule has 0 amide bonds. The van der Waals surface area contributed by atoms with Crippen LogP contribution in [0, 0.1) is 0 Å². The van der Waals surface area contributed by atoms with Crippen molar-refractivity contribution in [1.82, 2.24) is 19.5 Å². The van der Waals surface area contributed by atoms with E-state index in [0.717, 1.165) is 39.6 Å². The quantitative estimate of drug-likeness (QED) is 0.260. The summed E-state index contributed by atoms with van der Waals surface area (Å²) in [6, 6.07) is 41.9. The molecule has 0 unspecified atom stereocenters. The molecule has 3 aromatic carbocycles. The highest BCUT2D eigenvalue weighted by Crippen LogP contribution is 2.33. The van der Waals surface area contributed by atoms with Gasteiger partial charge in [0.15, 0.2) is 0 Å². The molecule has 37 heavy (non-hydrogen) atoms. The summed E-state index contributed by atoms with van der Waals surface area (Å²) in [4.78, 5) is 14.0. The highest BCUT2D eigenvalue weighted by atomic mass is 15.0. The Labute approximate surface area is 214 Å². The molecule has 0 aliphatic carbocycles. The summed E-state index contributed by atoms with van der Waals surface area (Å²) in [5.41, 5.74) is 9.05. The number of nitrogens with zero attached hydrogens (tertiary/aromatic N) is 4. The Hall–Kier alpha value is -5.09. The second-order valence-corrected chi connectivity index (χ2v) is 8.97. The third-order valence-corrected chi connectivity index (χ3v) is 6.72. The van der Waals surface area contributed by atoms with Gasteiger partial charge in [-0.05, 0) is 71.8 Å². The van der Waals surface area contributed by atoms with E-state index in [1.807, 2.05) is 36.4 Å². The number of para-hydroxylation sites is 2. The van der Waals surface area contributed by atoms with E-state index >= 15 is 0 Å². The second-order valence-electron chi connectivity index (χ2n) is 8.97. The normalized spacial score (nSPS) is 11.2. The summed E-state index contributed by atoms with van der Waals surface area (Å²) >= 11 is 0. The van der Waals surface area contributed by atoms with Gasteiger partial charge in [-0.2, -0.15) is 0 Å². The third-order valence-electron chi connectivity index (χ3n) is 6.72. The fraction of sp³-hybridized carbons (Fsp3) is 0. The lowest BCUT2D eigenvalue weighted by atomic mass is 10.0. The lowest BCUT2D eigenvalue weighted by Gasteiger charge is -2.11. The number of aromatic nitrogens is 4. The molecule has 0 saturated carbocycles. The standard InChI is InChI=1S/C33H22N4/c1-3-13-32-26(9-1)27-10-2-4-14-33(27)37(32)25-17-15-23(16-18-25)24-21-30(28-11-5-7-19-34-28)36-31(22-24)29-12-6-8-20-35-29/h1-22H. The monoisotopic (exact) mass is 474 g/mol. The van der Waals surface area contributed by atoms with E-state index in [1.165, 1.54) is 21.8 Å². The van der Waals surface area contributed by atoms with Gasteiger partial charge in [0.25, 0.3) is 0 Å². The molecule has 7 rings (SSSR count). The summed E-state index contributed by atoms with van der Waals surface area (Å²) in [5.74, 6) is 0. The minimum absolute atomic E-state index is 0.824. The van der Waals surface area contributed by atoms with Crippen molar-refractivity contribution in [1.29, 1.82) is 0 Å². The molecule has 0 atom stereocenters. The van der Waals surface area contributed by atoms with Gasteiger partial charge in [0, 0.05) is 28.9 Å². The molecule has 0 fully saturated rings. The second kappa shape index (κ2) is 8.85. The van der Waals surface area contributed by atoms with Crippen LogP contribution in [0.3, 0.4) is 0 Å². The first-order chi connectivity index (χ1) is 18.3. The van der Waals surface area contributed by atoms with Crippen molar-refractivity contribution in [2.75, 3.05) is 0 Å². The molecule has 174 valence electrons. The minimum atomic E-state index is 0.824. The predicted octanol–water partition coefficient (Wildman–Crippen LogP) is 7.97. The van der Waals surface area contributed by atoms with Gasteiger partial charge in [0.05, 0.1) is 33.8 Å². The molecule has 0 bridgehead atoms. The number of hydrogen-bond donors (Lipinski definition) is 0. The molecule has 4 heteroatoms. The van der Waals surface area contributed by atoms with Crippen molar-refractivity contribution in [2.45, 2.75) is 0 Å². The summed E-state index contributed by atoms with van der Waals surface area (Å²) in [6.45, 7) is 0. The van der Waals surface area contributed by atoms with Gasteiger partial charge in [-0.3, -0.25) is 9.97 Å². The first-order valence-electron chi connectivity index (χ1n) is 12.3. The Bertz CT molecular complexity index is 1740. The maximum atomic E-state index is 4.90. The highest BCUT2D eigenvalue weighted by Gasteiger charge is 2.13. The number of rotatable bonds is 4. The minimum Gasteiger partial charge on any atom is -0.309 e. The molecule has 0 saturated heterocycles. The van der Waals surface area contributed by atoms with Gasteiger partial charge >= 0.3 is 0 Å². The van der Waals surface area contributed by atoms with E-state index in [4.69, 9.17) is 4.98 Å². The van der Waals surface area contributed by atoms with Gasteiger partial charge in [0.2, 0.25) is 0 Å². The zero-order valence-corrected chi connectivity index (χ0v) is 20.0. The van der Waals surface area contributed by atoms with Crippen LogP contribution >= 0.6 is 0 Å². The van der Waals surface area contributed by atoms with E-state index in [2.05, 4.69) is 99.5 Å². The van der Waals surface area contributed by atoms with Crippen LogP contribution in [0.4, 0.5) is 0 Å². The van der Waals surface area contributed by atoms with Crippen LogP contribution < -0.4 is 0 Å².